The molecule has 0 spiro atoms. The number of anilines is 2. The number of alkyl halides is 3. The standard InChI is InChI=1S/C20H17F3N4O/c1-13-5-4-6-14(9-13)10-24-19-25-11-15(12-26-19)18(28)27-17-8-3-2-7-16(17)20(21,22)23/h2-9,11-12H,10H2,1H3,(H,27,28)(H,24,25,26). The SMILES string of the molecule is Cc1cccc(CNc2ncc(C(=O)Nc3ccccc3C(F)(F)F)cn2)c1. The van der Waals surface area contributed by atoms with Crippen molar-refractivity contribution in [3.05, 3.63) is 83.2 Å². The molecular weight excluding hydrogens is 369 g/mol. The van der Waals surface area contributed by atoms with Crippen LogP contribution in [0, 0.1) is 6.92 Å². The van der Waals surface area contributed by atoms with Crippen molar-refractivity contribution in [2.24, 2.45) is 0 Å². The number of amides is 1. The number of nitrogens with one attached hydrogen (secondary N) is 2. The van der Waals surface area contributed by atoms with Gasteiger partial charge in [-0.1, -0.05) is 42.0 Å². The van der Waals surface area contributed by atoms with E-state index >= 15 is 0 Å². The van der Waals surface area contributed by atoms with E-state index in [0.717, 1.165) is 17.2 Å². The van der Waals surface area contributed by atoms with Gasteiger partial charge in [-0.15, -0.1) is 0 Å². The van der Waals surface area contributed by atoms with Crippen molar-refractivity contribution in [2.75, 3.05) is 10.6 Å². The summed E-state index contributed by atoms with van der Waals surface area (Å²) in [5, 5.41) is 5.29. The third kappa shape index (κ3) is 4.85. The van der Waals surface area contributed by atoms with Crippen LogP contribution >= 0.6 is 0 Å². The van der Waals surface area contributed by atoms with Gasteiger partial charge in [0.1, 0.15) is 0 Å². The van der Waals surface area contributed by atoms with Crippen LogP contribution in [0.1, 0.15) is 27.0 Å². The second kappa shape index (κ2) is 8.08. The lowest BCUT2D eigenvalue weighted by atomic mass is 10.1. The number of aryl methyl sites for hydroxylation is 1. The Balaban J connectivity index is 1.66. The van der Waals surface area contributed by atoms with Crippen LogP contribution in [0.5, 0.6) is 0 Å². The zero-order valence-corrected chi connectivity index (χ0v) is 14.9. The average molecular weight is 386 g/mol. The summed E-state index contributed by atoms with van der Waals surface area (Å²) in [6.07, 6.45) is -2.04. The largest absolute Gasteiger partial charge is 0.418 e. The number of halogens is 3. The van der Waals surface area contributed by atoms with Crippen LogP contribution in [0.3, 0.4) is 0 Å². The van der Waals surface area contributed by atoms with Gasteiger partial charge in [-0.05, 0) is 24.6 Å². The summed E-state index contributed by atoms with van der Waals surface area (Å²) in [5.74, 6) is -0.407. The fraction of sp³-hybridized carbons (Fsp3) is 0.150. The molecule has 0 atom stereocenters. The molecule has 28 heavy (non-hydrogen) atoms. The molecule has 5 nitrogen and oxygen atoms in total. The van der Waals surface area contributed by atoms with Crippen LogP contribution < -0.4 is 10.6 Å². The summed E-state index contributed by atoms with van der Waals surface area (Å²) in [7, 11) is 0. The summed E-state index contributed by atoms with van der Waals surface area (Å²) >= 11 is 0. The second-order valence-electron chi connectivity index (χ2n) is 6.14. The Labute approximate surface area is 159 Å². The molecule has 1 aromatic heterocycles. The highest BCUT2D eigenvalue weighted by atomic mass is 19.4. The molecule has 0 fully saturated rings. The molecular formula is C20H17F3N4O. The van der Waals surface area contributed by atoms with Crippen molar-refractivity contribution in [1.29, 1.82) is 0 Å². The van der Waals surface area contributed by atoms with Gasteiger partial charge in [-0.2, -0.15) is 13.2 Å². The zero-order chi connectivity index (χ0) is 20.1. The molecule has 0 bridgehead atoms. The molecule has 0 saturated carbocycles. The number of para-hydroxylation sites is 1. The number of carbonyl (C=O) groups is 1. The smallest absolute Gasteiger partial charge is 0.350 e. The first kappa shape index (κ1) is 19.3. The van der Waals surface area contributed by atoms with Crippen LogP contribution in [-0.2, 0) is 12.7 Å². The Morgan fingerprint density at radius 3 is 2.43 bits per heavy atom. The van der Waals surface area contributed by atoms with Crippen LogP contribution in [-0.4, -0.2) is 15.9 Å². The van der Waals surface area contributed by atoms with Gasteiger partial charge in [0.05, 0.1) is 16.8 Å². The van der Waals surface area contributed by atoms with Crippen LogP contribution in [0.2, 0.25) is 0 Å². The molecule has 1 heterocycles. The first-order chi connectivity index (χ1) is 13.3. The van der Waals surface area contributed by atoms with E-state index in [2.05, 4.69) is 20.6 Å². The number of aromatic nitrogens is 2. The van der Waals surface area contributed by atoms with Crippen LogP contribution in [0.4, 0.5) is 24.8 Å². The summed E-state index contributed by atoms with van der Waals surface area (Å²) in [6.45, 7) is 2.50. The van der Waals surface area contributed by atoms with Gasteiger partial charge < -0.3 is 10.6 Å². The Hall–Kier alpha value is -3.42. The van der Waals surface area contributed by atoms with Crippen molar-refractivity contribution < 1.29 is 18.0 Å². The Morgan fingerprint density at radius 2 is 1.75 bits per heavy atom. The highest BCUT2D eigenvalue weighted by Crippen LogP contribution is 2.34. The van der Waals surface area contributed by atoms with E-state index < -0.39 is 17.6 Å². The van der Waals surface area contributed by atoms with Crippen molar-refractivity contribution in [3.8, 4) is 0 Å². The number of benzene rings is 2. The average Bonchev–Trinajstić information content (AvgIpc) is 2.66. The van der Waals surface area contributed by atoms with Gasteiger partial charge in [0, 0.05) is 18.9 Å². The van der Waals surface area contributed by atoms with E-state index in [4.69, 9.17) is 0 Å². The van der Waals surface area contributed by atoms with Gasteiger partial charge in [0.25, 0.3) is 5.91 Å². The van der Waals surface area contributed by atoms with Gasteiger partial charge in [-0.3, -0.25) is 4.79 Å². The third-order valence-electron chi connectivity index (χ3n) is 3.93. The third-order valence-corrected chi connectivity index (χ3v) is 3.93. The van der Waals surface area contributed by atoms with Gasteiger partial charge in [0.15, 0.2) is 0 Å². The molecule has 3 rings (SSSR count). The summed E-state index contributed by atoms with van der Waals surface area (Å²) in [5.41, 5.74) is 1.00. The van der Waals surface area contributed by atoms with Crippen LogP contribution in [0.15, 0.2) is 60.9 Å². The molecule has 8 heteroatoms. The van der Waals surface area contributed by atoms with Crippen molar-refractivity contribution in [2.45, 2.75) is 19.6 Å². The zero-order valence-electron chi connectivity index (χ0n) is 14.9. The minimum atomic E-state index is -4.57. The number of nitrogens with zero attached hydrogens (tertiary/aromatic N) is 2. The summed E-state index contributed by atoms with van der Waals surface area (Å²) < 4.78 is 39.1. The van der Waals surface area contributed by atoms with Crippen molar-refractivity contribution >= 4 is 17.5 Å². The quantitative estimate of drug-likeness (QED) is 0.669. The Morgan fingerprint density at radius 1 is 1.04 bits per heavy atom. The minimum absolute atomic E-state index is 0.0538. The topological polar surface area (TPSA) is 66.9 Å². The number of hydrogen-bond donors (Lipinski definition) is 2. The number of rotatable bonds is 5. The van der Waals surface area contributed by atoms with Crippen molar-refractivity contribution in [3.63, 3.8) is 0 Å². The maximum Gasteiger partial charge on any atom is 0.418 e. The Kier molecular flexibility index (Phi) is 5.58. The first-order valence-corrected chi connectivity index (χ1v) is 8.42. The fourth-order valence-electron chi connectivity index (χ4n) is 2.57. The maximum absolute atomic E-state index is 13.0. The van der Waals surface area contributed by atoms with Gasteiger partial charge in [-0.25, -0.2) is 9.97 Å². The summed E-state index contributed by atoms with van der Waals surface area (Å²) in [4.78, 5) is 20.3. The molecule has 144 valence electrons. The molecule has 2 N–H and O–H groups in total. The molecule has 3 aromatic rings. The van der Waals surface area contributed by atoms with Gasteiger partial charge >= 0.3 is 6.18 Å². The van der Waals surface area contributed by atoms with E-state index in [1.54, 1.807) is 0 Å². The molecule has 0 unspecified atom stereocenters. The lowest BCUT2D eigenvalue weighted by molar-refractivity contribution is -0.136. The summed E-state index contributed by atoms with van der Waals surface area (Å²) in [6, 6.07) is 12.7. The normalized spacial score (nSPS) is 11.1. The predicted molar refractivity (Wildman–Crippen MR) is 99.9 cm³/mol. The first-order valence-electron chi connectivity index (χ1n) is 8.42. The monoisotopic (exact) mass is 386 g/mol. The van der Waals surface area contributed by atoms with E-state index in [0.29, 0.717) is 12.5 Å². The van der Waals surface area contributed by atoms with Gasteiger partial charge in [0.2, 0.25) is 5.95 Å². The molecule has 0 aliphatic carbocycles. The Bertz CT molecular complexity index is 972. The van der Waals surface area contributed by atoms with E-state index in [9.17, 15) is 18.0 Å². The molecule has 0 radical (unpaired) electrons. The van der Waals surface area contributed by atoms with Crippen molar-refractivity contribution in [1.82, 2.24) is 9.97 Å². The molecule has 0 aliphatic heterocycles. The second-order valence-corrected chi connectivity index (χ2v) is 6.14. The molecule has 1 amide bonds. The maximum atomic E-state index is 13.0. The number of carbonyl (C=O) groups excluding carboxylic acids is 1. The van der Waals surface area contributed by atoms with E-state index in [1.807, 2.05) is 31.2 Å². The molecule has 2 aromatic carbocycles. The van der Waals surface area contributed by atoms with Crippen LogP contribution in [0.25, 0.3) is 0 Å². The highest BCUT2D eigenvalue weighted by molar-refractivity contribution is 6.04. The molecule has 0 saturated heterocycles. The highest BCUT2D eigenvalue weighted by Gasteiger charge is 2.33. The lowest BCUT2D eigenvalue weighted by Gasteiger charge is -2.13. The van der Waals surface area contributed by atoms with E-state index in [1.165, 1.54) is 30.6 Å². The minimum Gasteiger partial charge on any atom is -0.350 e. The fourth-order valence-corrected chi connectivity index (χ4v) is 2.57. The molecule has 0 aliphatic rings. The lowest BCUT2D eigenvalue weighted by Crippen LogP contribution is -2.17. The predicted octanol–water partition coefficient (Wildman–Crippen LogP) is 4.67. The van der Waals surface area contributed by atoms with E-state index in [-0.39, 0.29) is 11.3 Å². The number of hydrogen-bond acceptors (Lipinski definition) is 4.